The van der Waals surface area contributed by atoms with Crippen molar-refractivity contribution in [1.82, 2.24) is 9.80 Å². The molecule has 0 aliphatic carbocycles. The third-order valence-corrected chi connectivity index (χ3v) is 3.03. The summed E-state index contributed by atoms with van der Waals surface area (Å²) in [6, 6.07) is 1.77. The molecule has 2 saturated heterocycles. The molecule has 2 atom stereocenters. The molecule has 2 heteroatoms. The molecule has 2 heterocycles. The van der Waals surface area contributed by atoms with Gasteiger partial charge in [0.25, 0.3) is 0 Å². The van der Waals surface area contributed by atoms with Gasteiger partial charge in [0, 0.05) is 25.2 Å². The number of fused-ring (bicyclic) bond motifs is 2. The zero-order valence-corrected chi connectivity index (χ0v) is 6.88. The minimum Gasteiger partial charge on any atom is -0.301 e. The number of nitrogens with zero attached hydrogens (tertiary/aromatic N) is 2. The summed E-state index contributed by atoms with van der Waals surface area (Å²) in [5.74, 6) is 0. The van der Waals surface area contributed by atoms with Gasteiger partial charge in [0.05, 0.1) is 0 Å². The number of likely N-dealkylation sites (tertiary alicyclic amines) is 2. The van der Waals surface area contributed by atoms with Crippen LogP contribution in [0.2, 0.25) is 0 Å². The maximum Gasteiger partial charge on any atom is 0.0239 e. The van der Waals surface area contributed by atoms with E-state index in [1.54, 1.807) is 0 Å². The maximum atomic E-state index is 2.60. The van der Waals surface area contributed by atoms with E-state index in [4.69, 9.17) is 0 Å². The number of hydrogen-bond acceptors (Lipinski definition) is 2. The largest absolute Gasteiger partial charge is 0.301 e. The fourth-order valence-electron chi connectivity index (χ4n) is 2.34. The maximum absolute atomic E-state index is 2.60. The van der Waals surface area contributed by atoms with E-state index in [1.165, 1.54) is 26.1 Å². The Morgan fingerprint density at radius 3 is 2.50 bits per heavy atom. The molecular weight excluding hydrogens is 124 g/mol. The molecule has 0 aromatic heterocycles. The van der Waals surface area contributed by atoms with E-state index in [1.807, 2.05) is 0 Å². The van der Waals surface area contributed by atoms with Gasteiger partial charge in [-0.1, -0.05) is 6.92 Å². The Labute approximate surface area is 62.8 Å². The third-order valence-electron chi connectivity index (χ3n) is 3.03. The van der Waals surface area contributed by atoms with Crippen LogP contribution in [0.5, 0.6) is 0 Å². The van der Waals surface area contributed by atoms with Crippen LogP contribution in [0.25, 0.3) is 0 Å². The number of piperazine rings is 1. The van der Waals surface area contributed by atoms with Crippen molar-refractivity contribution >= 4 is 0 Å². The van der Waals surface area contributed by atoms with Gasteiger partial charge in [-0.2, -0.15) is 0 Å². The standard InChI is InChI=1S/C8H16N2/c1-3-10-6-7-4-8(10)5-9(7)2/h7-8H,3-6H2,1-2H3/t7-,8-/m0/s1. The number of likely N-dealkylation sites (N-methyl/N-ethyl adjacent to an activating group) is 2. The number of hydrogen-bond donors (Lipinski definition) is 0. The Bertz CT molecular complexity index is 133. The smallest absolute Gasteiger partial charge is 0.0239 e. The molecule has 0 radical (unpaired) electrons. The summed E-state index contributed by atoms with van der Waals surface area (Å²) in [6.45, 7) is 6.13. The van der Waals surface area contributed by atoms with Gasteiger partial charge in [0.1, 0.15) is 0 Å². The highest BCUT2D eigenvalue weighted by molar-refractivity contribution is 4.97. The molecule has 0 spiro atoms. The van der Waals surface area contributed by atoms with Crippen molar-refractivity contribution in [2.24, 2.45) is 0 Å². The normalized spacial score (nSPS) is 41.4. The number of rotatable bonds is 1. The van der Waals surface area contributed by atoms with E-state index >= 15 is 0 Å². The Morgan fingerprint density at radius 1 is 1.30 bits per heavy atom. The van der Waals surface area contributed by atoms with Crippen LogP contribution >= 0.6 is 0 Å². The van der Waals surface area contributed by atoms with Crippen molar-refractivity contribution in [3.05, 3.63) is 0 Å². The lowest BCUT2D eigenvalue weighted by Crippen LogP contribution is -2.44. The summed E-state index contributed by atoms with van der Waals surface area (Å²) in [5.41, 5.74) is 0. The first-order chi connectivity index (χ1) is 4.81. The quantitative estimate of drug-likeness (QED) is 0.520. The van der Waals surface area contributed by atoms with Gasteiger partial charge in [-0.15, -0.1) is 0 Å². The Kier molecular flexibility index (Phi) is 1.46. The molecule has 0 saturated carbocycles. The average molecular weight is 140 g/mol. The molecule has 58 valence electrons. The topological polar surface area (TPSA) is 6.48 Å². The van der Waals surface area contributed by atoms with Crippen LogP contribution in [-0.4, -0.2) is 48.6 Å². The summed E-state index contributed by atoms with van der Waals surface area (Å²) >= 11 is 0. The highest BCUT2D eigenvalue weighted by Gasteiger charge is 2.40. The van der Waals surface area contributed by atoms with Crippen LogP contribution in [0, 0.1) is 0 Å². The van der Waals surface area contributed by atoms with Gasteiger partial charge in [-0.3, -0.25) is 4.90 Å². The predicted molar refractivity (Wildman–Crippen MR) is 42.1 cm³/mol. The molecule has 0 amide bonds. The van der Waals surface area contributed by atoms with Crippen molar-refractivity contribution in [3.8, 4) is 0 Å². The van der Waals surface area contributed by atoms with Gasteiger partial charge < -0.3 is 4.90 Å². The fraction of sp³-hybridized carbons (Fsp3) is 1.00. The second kappa shape index (κ2) is 2.21. The van der Waals surface area contributed by atoms with Crippen molar-refractivity contribution in [2.75, 3.05) is 26.7 Å². The van der Waals surface area contributed by atoms with Crippen molar-refractivity contribution in [3.63, 3.8) is 0 Å². The molecule has 2 bridgehead atoms. The SMILES string of the molecule is CCN1C[C@@H]2C[C@H]1CN2C. The lowest BCUT2D eigenvalue weighted by Gasteiger charge is -2.30. The Balaban J connectivity index is 2.02. The molecule has 0 unspecified atom stereocenters. The molecule has 0 aromatic carbocycles. The third kappa shape index (κ3) is 0.789. The van der Waals surface area contributed by atoms with Gasteiger partial charge in [-0.25, -0.2) is 0 Å². The molecule has 2 aliphatic rings. The Hall–Kier alpha value is -0.0800. The van der Waals surface area contributed by atoms with E-state index in [9.17, 15) is 0 Å². The second-order valence-corrected chi connectivity index (χ2v) is 3.57. The zero-order valence-electron chi connectivity index (χ0n) is 6.88. The monoisotopic (exact) mass is 140 g/mol. The lowest BCUT2D eigenvalue weighted by molar-refractivity contribution is 0.155. The highest BCUT2D eigenvalue weighted by Crippen LogP contribution is 2.28. The minimum absolute atomic E-state index is 0.880. The molecular formula is C8H16N2. The van der Waals surface area contributed by atoms with Crippen LogP contribution in [0.3, 0.4) is 0 Å². The van der Waals surface area contributed by atoms with E-state index in [2.05, 4.69) is 23.8 Å². The van der Waals surface area contributed by atoms with E-state index in [0.29, 0.717) is 0 Å². The first-order valence-corrected chi connectivity index (χ1v) is 4.25. The molecule has 0 aromatic rings. The van der Waals surface area contributed by atoms with Crippen molar-refractivity contribution in [2.45, 2.75) is 25.4 Å². The van der Waals surface area contributed by atoms with Crippen LogP contribution in [0.15, 0.2) is 0 Å². The average Bonchev–Trinajstić information content (AvgIpc) is 2.44. The van der Waals surface area contributed by atoms with E-state index in [0.717, 1.165) is 12.1 Å². The first kappa shape index (κ1) is 6.62. The van der Waals surface area contributed by atoms with Gasteiger partial charge in [-0.05, 0) is 20.0 Å². The molecule has 2 rings (SSSR count). The molecule has 2 nitrogen and oxygen atoms in total. The summed E-state index contributed by atoms with van der Waals surface area (Å²) in [4.78, 5) is 5.10. The molecule has 2 fully saturated rings. The highest BCUT2D eigenvalue weighted by atomic mass is 15.3. The van der Waals surface area contributed by atoms with Crippen LogP contribution in [-0.2, 0) is 0 Å². The Morgan fingerprint density at radius 2 is 2.10 bits per heavy atom. The molecule has 0 N–H and O–H groups in total. The second-order valence-electron chi connectivity index (χ2n) is 3.57. The predicted octanol–water partition coefficient (Wildman–Crippen LogP) is 0.395. The van der Waals surface area contributed by atoms with E-state index < -0.39 is 0 Å². The van der Waals surface area contributed by atoms with E-state index in [-0.39, 0.29) is 0 Å². The summed E-state index contributed by atoms with van der Waals surface area (Å²) < 4.78 is 0. The van der Waals surface area contributed by atoms with Crippen molar-refractivity contribution < 1.29 is 0 Å². The zero-order chi connectivity index (χ0) is 7.14. The van der Waals surface area contributed by atoms with Crippen LogP contribution in [0.4, 0.5) is 0 Å². The summed E-state index contributed by atoms with van der Waals surface area (Å²) in [6.07, 6.45) is 1.42. The van der Waals surface area contributed by atoms with Crippen LogP contribution < -0.4 is 0 Å². The lowest BCUT2D eigenvalue weighted by atomic mass is 10.2. The van der Waals surface area contributed by atoms with Crippen LogP contribution in [0.1, 0.15) is 13.3 Å². The van der Waals surface area contributed by atoms with Gasteiger partial charge in [0.2, 0.25) is 0 Å². The summed E-state index contributed by atoms with van der Waals surface area (Å²) in [5, 5.41) is 0. The summed E-state index contributed by atoms with van der Waals surface area (Å²) in [7, 11) is 2.25. The van der Waals surface area contributed by atoms with Gasteiger partial charge in [0.15, 0.2) is 0 Å². The van der Waals surface area contributed by atoms with Crippen molar-refractivity contribution in [1.29, 1.82) is 0 Å². The molecule has 2 aliphatic heterocycles. The molecule has 10 heavy (non-hydrogen) atoms. The fourth-order valence-corrected chi connectivity index (χ4v) is 2.34. The van der Waals surface area contributed by atoms with Gasteiger partial charge >= 0.3 is 0 Å². The first-order valence-electron chi connectivity index (χ1n) is 4.25. The minimum atomic E-state index is 0.880.